The minimum absolute atomic E-state index is 0.0541. The average molecular weight is 933 g/mol. The van der Waals surface area contributed by atoms with Crippen molar-refractivity contribution in [3.05, 3.63) is 160 Å². The van der Waals surface area contributed by atoms with Gasteiger partial charge in [-0.3, -0.25) is 0 Å². The fraction of sp³-hybridized carbons (Fsp3) is 0.364. The van der Waals surface area contributed by atoms with Gasteiger partial charge in [-0.1, -0.05) is 149 Å². The van der Waals surface area contributed by atoms with Crippen LogP contribution in [-0.2, 0) is 33.5 Å². The summed E-state index contributed by atoms with van der Waals surface area (Å²) < 4.78 is 1.41. The highest BCUT2D eigenvalue weighted by molar-refractivity contribution is 7.26. The third kappa shape index (κ3) is 6.10. The fourth-order valence-electron chi connectivity index (χ4n) is 14.2. The van der Waals surface area contributed by atoms with Crippen molar-refractivity contribution < 1.29 is 0 Å². The van der Waals surface area contributed by atoms with Crippen LogP contribution in [0.4, 0.5) is 27.8 Å². The summed E-state index contributed by atoms with van der Waals surface area (Å²) in [6.45, 7) is 29.6. The molecule has 1 aromatic heterocycles. The van der Waals surface area contributed by atoms with Crippen LogP contribution in [0.1, 0.15) is 159 Å². The van der Waals surface area contributed by atoms with E-state index in [1.54, 1.807) is 0 Å². The van der Waals surface area contributed by atoms with Gasteiger partial charge in [0.25, 0.3) is 0 Å². The zero-order chi connectivity index (χ0) is 48.6. The van der Waals surface area contributed by atoms with Gasteiger partial charge in [0.1, 0.15) is 0 Å². The molecule has 3 heterocycles. The number of unbranched alkanes of at least 4 members (excludes halogenated alkanes) is 1. The number of aryl methyl sites for hydroxylation is 2. The maximum Gasteiger partial charge on any atom is 0.334 e. The summed E-state index contributed by atoms with van der Waals surface area (Å²) >= 11 is 2.06. The highest BCUT2D eigenvalue weighted by Gasteiger charge is 2.52. The van der Waals surface area contributed by atoms with E-state index in [1.165, 1.54) is 165 Å². The first-order chi connectivity index (χ1) is 33.3. The summed E-state index contributed by atoms with van der Waals surface area (Å²) in [5, 5.41) is 5.36. The Morgan fingerprint density at radius 3 is 1.81 bits per heavy atom. The molecule has 0 spiro atoms. The molecule has 0 atom stereocenters. The molecule has 70 heavy (non-hydrogen) atoms. The number of fused-ring (bicyclic) bond motifs is 13. The fourth-order valence-corrected chi connectivity index (χ4v) is 15.5. The van der Waals surface area contributed by atoms with Gasteiger partial charge in [-0.25, -0.2) is 0 Å². The Hall–Kier alpha value is -5.58. The molecular weight excluding hydrogens is 864 g/mol. The summed E-state index contributed by atoms with van der Waals surface area (Å²) in [5.74, 6) is 0. The normalized spacial score (nSPS) is 19.0. The maximum atomic E-state index is 2.85. The first-order valence-corrected chi connectivity index (χ1v) is 27.4. The maximum absolute atomic E-state index is 2.85. The van der Waals surface area contributed by atoms with E-state index < -0.39 is 0 Å². The molecule has 0 saturated carbocycles. The molecule has 3 aliphatic carbocycles. The third-order valence-corrected chi connectivity index (χ3v) is 19.8. The van der Waals surface area contributed by atoms with Gasteiger partial charge in [0.15, 0.2) is 0 Å². The molecule has 8 aromatic rings. The van der Waals surface area contributed by atoms with Gasteiger partial charge < -0.3 is 9.71 Å². The Morgan fingerprint density at radius 2 is 1.14 bits per heavy atom. The van der Waals surface area contributed by atoms with Crippen molar-refractivity contribution in [3.8, 4) is 22.3 Å². The van der Waals surface area contributed by atoms with E-state index in [-0.39, 0.29) is 33.9 Å². The van der Waals surface area contributed by atoms with Crippen LogP contribution in [-0.4, -0.2) is 6.85 Å². The molecule has 0 amide bonds. The number of anilines is 5. The number of benzene rings is 7. The topological polar surface area (TPSA) is 6.48 Å². The molecule has 5 aliphatic rings. The second-order valence-electron chi connectivity index (χ2n) is 25.3. The Bertz CT molecular complexity index is 3540. The van der Waals surface area contributed by atoms with Crippen molar-refractivity contribution in [3.63, 3.8) is 0 Å². The lowest BCUT2D eigenvalue weighted by Crippen LogP contribution is -2.61. The summed E-state index contributed by atoms with van der Waals surface area (Å²) in [7, 11) is 0. The van der Waals surface area contributed by atoms with Crippen LogP contribution in [0.25, 0.3) is 43.1 Å². The molecule has 0 N–H and O–H groups in total. The minimum Gasteiger partial charge on any atom is -0.376 e. The van der Waals surface area contributed by atoms with E-state index in [1.807, 2.05) is 0 Å². The van der Waals surface area contributed by atoms with Crippen LogP contribution < -0.4 is 20.6 Å². The third-order valence-electron chi connectivity index (χ3n) is 18.6. The van der Waals surface area contributed by atoms with Crippen molar-refractivity contribution in [2.75, 3.05) is 9.71 Å². The van der Waals surface area contributed by atoms with Crippen LogP contribution in [0, 0.1) is 6.92 Å². The van der Waals surface area contributed by atoms with E-state index in [2.05, 4.69) is 219 Å². The van der Waals surface area contributed by atoms with Gasteiger partial charge in [-0.05, 0) is 204 Å². The summed E-state index contributed by atoms with van der Waals surface area (Å²) in [5.41, 5.74) is 25.4. The molecule has 0 radical (unpaired) electrons. The van der Waals surface area contributed by atoms with Crippen molar-refractivity contribution in [1.29, 1.82) is 0 Å². The first kappa shape index (κ1) is 44.4. The minimum atomic E-state index is -0.251. The van der Waals surface area contributed by atoms with Gasteiger partial charge >= 0.3 is 6.85 Å². The summed E-state index contributed by atoms with van der Waals surface area (Å²) in [6, 6.07) is 46.5. The lowest BCUT2D eigenvalue weighted by atomic mass is 9.43. The number of thiophene rings is 1. The number of hydrogen-bond acceptors (Lipinski definition) is 3. The quantitative estimate of drug-likeness (QED) is 0.159. The van der Waals surface area contributed by atoms with Gasteiger partial charge in [0, 0.05) is 32.7 Å². The Kier molecular flexibility index (Phi) is 9.35. The molecule has 0 fully saturated rings. The molecule has 0 saturated heterocycles. The molecule has 2 nitrogen and oxygen atoms in total. The lowest BCUT2D eigenvalue weighted by Gasteiger charge is -2.47. The van der Waals surface area contributed by atoms with E-state index in [9.17, 15) is 0 Å². The average Bonchev–Trinajstić information content (AvgIpc) is 3.82. The highest BCUT2D eigenvalue weighted by Crippen LogP contribution is 2.61. The van der Waals surface area contributed by atoms with Crippen molar-refractivity contribution >= 4 is 77.7 Å². The molecule has 13 rings (SSSR count). The van der Waals surface area contributed by atoms with Gasteiger partial charge in [0.05, 0.1) is 10.7 Å². The standard InChI is InChI=1S/C66H69BN2S/c1-13-14-19-40-24-26-43(27-25-40)69-55-34-42-21-16-15-20-41(42)33-45(55)47-35-46-44-22-17-18-23-49(44)66(11,12)57(46)60-58(47)67(69)59-48-36-51-53(65(9,10)31-29-63(51,5)6)38-56(48)70-61(59)68(60)54-37-52-50(32-39(54)2)62(3,4)28-30-64(52,7)8/h15-18,20-27,32-38H,13-14,19,28-31H2,1-12H3. The highest BCUT2D eigenvalue weighted by atomic mass is 32.1. The SMILES string of the molecule is CCCCc1ccc(N2B3c4c(cc5c(c4N(c4cc6c(cc4C)C(C)(C)CCC6(C)C)c4sc6cc7c(cc6c43)C(C)(C)CCC7(C)C)C(C)(C)c3ccccc3-5)-c3cc4ccccc4cc32)cc1. The van der Waals surface area contributed by atoms with Crippen LogP contribution in [0.2, 0.25) is 0 Å². The van der Waals surface area contributed by atoms with E-state index in [0.717, 1.165) is 6.42 Å². The molecule has 0 unspecified atom stereocenters. The van der Waals surface area contributed by atoms with Crippen LogP contribution in [0.5, 0.6) is 0 Å². The van der Waals surface area contributed by atoms with Gasteiger partial charge in [0.2, 0.25) is 0 Å². The molecular formula is C66H69BN2S. The lowest BCUT2D eigenvalue weighted by molar-refractivity contribution is 0.332. The predicted molar refractivity (Wildman–Crippen MR) is 305 cm³/mol. The largest absolute Gasteiger partial charge is 0.376 e. The predicted octanol–water partition coefficient (Wildman–Crippen LogP) is 17.4. The first-order valence-electron chi connectivity index (χ1n) is 26.6. The Balaban J connectivity index is 1.22. The monoisotopic (exact) mass is 933 g/mol. The molecule has 4 heteroatoms. The zero-order valence-corrected chi connectivity index (χ0v) is 44.6. The van der Waals surface area contributed by atoms with Crippen LogP contribution in [0.15, 0.2) is 115 Å². The van der Waals surface area contributed by atoms with E-state index in [4.69, 9.17) is 0 Å². The summed E-state index contributed by atoms with van der Waals surface area (Å²) in [4.78, 5) is 5.64. The second-order valence-corrected chi connectivity index (χ2v) is 26.3. The Morgan fingerprint density at radius 1 is 0.543 bits per heavy atom. The van der Waals surface area contributed by atoms with Crippen molar-refractivity contribution in [2.24, 2.45) is 0 Å². The molecule has 2 aliphatic heterocycles. The van der Waals surface area contributed by atoms with Crippen LogP contribution in [0.3, 0.4) is 0 Å². The van der Waals surface area contributed by atoms with E-state index >= 15 is 0 Å². The summed E-state index contributed by atoms with van der Waals surface area (Å²) in [6.07, 6.45) is 8.27. The van der Waals surface area contributed by atoms with Gasteiger partial charge in [-0.15, -0.1) is 11.3 Å². The Labute approximate surface area is 422 Å². The van der Waals surface area contributed by atoms with Crippen molar-refractivity contribution in [2.45, 2.75) is 155 Å². The second kappa shape index (κ2) is 14.8. The van der Waals surface area contributed by atoms with Crippen molar-refractivity contribution in [1.82, 2.24) is 0 Å². The molecule has 0 bridgehead atoms. The van der Waals surface area contributed by atoms with Gasteiger partial charge in [-0.2, -0.15) is 0 Å². The number of rotatable bonds is 5. The number of nitrogens with zero attached hydrogens (tertiary/aromatic N) is 2. The smallest absolute Gasteiger partial charge is 0.334 e. The van der Waals surface area contributed by atoms with E-state index in [0.29, 0.717) is 0 Å². The zero-order valence-electron chi connectivity index (χ0n) is 43.8. The molecule has 352 valence electrons. The molecule has 7 aromatic carbocycles. The van der Waals surface area contributed by atoms with Crippen LogP contribution >= 0.6 is 11.3 Å². The number of hydrogen-bond donors (Lipinski definition) is 0.